The number of carbonyl (C=O) groups is 1. The summed E-state index contributed by atoms with van der Waals surface area (Å²) >= 11 is 6.00. The van der Waals surface area contributed by atoms with Gasteiger partial charge in [-0.25, -0.2) is 22.8 Å². The zero-order valence-corrected chi connectivity index (χ0v) is 22.1. The van der Waals surface area contributed by atoms with E-state index in [1.54, 1.807) is 19.1 Å². The Morgan fingerprint density at radius 3 is 2.54 bits per heavy atom. The van der Waals surface area contributed by atoms with Crippen molar-refractivity contribution in [3.63, 3.8) is 0 Å². The maximum atomic E-state index is 14.4. The van der Waals surface area contributed by atoms with Gasteiger partial charge in [0.15, 0.2) is 27.2 Å². The van der Waals surface area contributed by atoms with E-state index in [4.69, 9.17) is 21.1 Å². The monoisotopic (exact) mass is 547 g/mol. The summed E-state index contributed by atoms with van der Waals surface area (Å²) in [4.78, 5) is 22.7. The van der Waals surface area contributed by atoms with E-state index < -0.39 is 15.7 Å². The van der Waals surface area contributed by atoms with Crippen LogP contribution in [0, 0.1) is 12.7 Å². The number of hydrogen-bond donors (Lipinski definition) is 0. The standard InChI is InChI=1S/C26H27ClFN3O5S/c1-17-25(29-16-30-26(17)36-24-7-6-22(14-23(24)28)37(2,33)34)35-21-8-10-31(11-9-21)15-20(32)13-18-4-3-5-19(27)12-18/h3-7,12,14,16,21H,8-11,13,15H2,1-2H3. The number of rotatable bonds is 9. The van der Waals surface area contributed by atoms with Gasteiger partial charge < -0.3 is 9.47 Å². The fourth-order valence-electron chi connectivity index (χ4n) is 4.06. The number of carbonyl (C=O) groups excluding carboxylic acids is 1. The topological polar surface area (TPSA) is 98.7 Å². The lowest BCUT2D eigenvalue weighted by Crippen LogP contribution is -2.41. The second-order valence-electron chi connectivity index (χ2n) is 9.01. The molecule has 11 heteroatoms. The number of benzene rings is 2. The summed E-state index contributed by atoms with van der Waals surface area (Å²) in [5.41, 5.74) is 1.40. The van der Waals surface area contributed by atoms with Gasteiger partial charge in [0.2, 0.25) is 11.8 Å². The van der Waals surface area contributed by atoms with Crippen LogP contribution in [0.1, 0.15) is 24.0 Å². The SMILES string of the molecule is Cc1c(Oc2ccc(S(C)(=O)=O)cc2F)ncnc1OC1CCN(CC(=O)Cc2cccc(Cl)c2)CC1. The predicted octanol–water partition coefficient (Wildman–Crippen LogP) is 4.43. The van der Waals surface area contributed by atoms with Crippen molar-refractivity contribution in [2.24, 2.45) is 0 Å². The molecule has 1 fully saturated rings. The molecule has 0 atom stereocenters. The average molecular weight is 548 g/mol. The van der Waals surface area contributed by atoms with Crippen LogP contribution in [0.4, 0.5) is 4.39 Å². The van der Waals surface area contributed by atoms with E-state index >= 15 is 0 Å². The molecular formula is C26H27ClFN3O5S. The van der Waals surface area contributed by atoms with E-state index in [1.165, 1.54) is 18.5 Å². The van der Waals surface area contributed by atoms with E-state index in [9.17, 15) is 17.6 Å². The van der Waals surface area contributed by atoms with Crippen LogP contribution in [0.3, 0.4) is 0 Å². The number of aromatic nitrogens is 2. The third-order valence-electron chi connectivity index (χ3n) is 6.03. The second kappa shape index (κ2) is 11.5. The normalized spacial score (nSPS) is 14.9. The number of halogens is 2. The molecule has 0 bridgehead atoms. The first-order valence-corrected chi connectivity index (χ1v) is 14.0. The molecule has 2 aromatic carbocycles. The van der Waals surface area contributed by atoms with Crippen molar-refractivity contribution >= 4 is 27.2 Å². The Morgan fingerprint density at radius 2 is 1.86 bits per heavy atom. The maximum absolute atomic E-state index is 14.4. The lowest BCUT2D eigenvalue weighted by molar-refractivity contribution is -0.120. The van der Waals surface area contributed by atoms with Gasteiger partial charge in [-0.05, 0) is 55.7 Å². The molecule has 8 nitrogen and oxygen atoms in total. The summed E-state index contributed by atoms with van der Waals surface area (Å²) < 4.78 is 49.4. The zero-order valence-electron chi connectivity index (χ0n) is 20.5. The summed E-state index contributed by atoms with van der Waals surface area (Å²) in [5.74, 6) is -0.405. The minimum Gasteiger partial charge on any atom is -0.474 e. The summed E-state index contributed by atoms with van der Waals surface area (Å²) in [6.07, 6.45) is 3.94. The Morgan fingerprint density at radius 1 is 1.14 bits per heavy atom. The smallest absolute Gasteiger partial charge is 0.229 e. The fourth-order valence-corrected chi connectivity index (χ4v) is 4.91. The fraction of sp³-hybridized carbons (Fsp3) is 0.346. The number of nitrogens with zero attached hydrogens (tertiary/aromatic N) is 3. The van der Waals surface area contributed by atoms with Crippen LogP contribution >= 0.6 is 11.6 Å². The van der Waals surface area contributed by atoms with Gasteiger partial charge in [0.05, 0.1) is 17.0 Å². The van der Waals surface area contributed by atoms with E-state index in [-0.39, 0.29) is 28.4 Å². The quantitative estimate of drug-likeness (QED) is 0.388. The number of ether oxygens (including phenoxy) is 2. The Kier molecular flexibility index (Phi) is 8.41. The zero-order chi connectivity index (χ0) is 26.6. The van der Waals surface area contributed by atoms with E-state index in [0.717, 1.165) is 17.9 Å². The molecule has 0 aliphatic carbocycles. The summed E-state index contributed by atoms with van der Waals surface area (Å²) in [6, 6.07) is 10.7. The highest BCUT2D eigenvalue weighted by Gasteiger charge is 2.24. The predicted molar refractivity (Wildman–Crippen MR) is 137 cm³/mol. The van der Waals surface area contributed by atoms with Gasteiger partial charge in [-0.3, -0.25) is 9.69 Å². The Bertz CT molecular complexity index is 1390. The minimum absolute atomic E-state index is 0.105. The Labute approximate surface area is 220 Å². The molecule has 0 unspecified atom stereocenters. The molecule has 1 aliphatic rings. The second-order valence-corrected chi connectivity index (χ2v) is 11.5. The van der Waals surface area contributed by atoms with Crippen molar-refractivity contribution in [3.8, 4) is 17.5 Å². The lowest BCUT2D eigenvalue weighted by Gasteiger charge is -2.31. The Hall–Kier alpha value is -3.08. The number of Topliss-reactive ketones (excluding diaryl/α,β-unsaturated/α-hetero) is 1. The molecule has 1 saturated heterocycles. The molecule has 0 radical (unpaired) electrons. The number of sulfone groups is 1. The van der Waals surface area contributed by atoms with Gasteiger partial charge in [-0.15, -0.1) is 0 Å². The van der Waals surface area contributed by atoms with Crippen molar-refractivity contribution in [1.82, 2.24) is 14.9 Å². The molecule has 196 valence electrons. The van der Waals surface area contributed by atoms with Gasteiger partial charge in [0, 0.05) is 30.8 Å². The highest BCUT2D eigenvalue weighted by atomic mass is 35.5. The summed E-state index contributed by atoms with van der Waals surface area (Å²) in [7, 11) is -3.54. The van der Waals surface area contributed by atoms with Gasteiger partial charge in [0.1, 0.15) is 12.4 Å². The van der Waals surface area contributed by atoms with Crippen molar-refractivity contribution in [2.75, 3.05) is 25.9 Å². The lowest BCUT2D eigenvalue weighted by atomic mass is 10.1. The van der Waals surface area contributed by atoms with Crippen LogP contribution in [0.25, 0.3) is 0 Å². The van der Waals surface area contributed by atoms with Crippen molar-refractivity contribution in [1.29, 1.82) is 0 Å². The first-order valence-electron chi connectivity index (χ1n) is 11.7. The van der Waals surface area contributed by atoms with Gasteiger partial charge in [-0.2, -0.15) is 0 Å². The van der Waals surface area contributed by atoms with E-state index in [2.05, 4.69) is 14.9 Å². The molecular weight excluding hydrogens is 521 g/mol. The Balaban J connectivity index is 1.32. The number of hydrogen-bond acceptors (Lipinski definition) is 8. The third-order valence-corrected chi connectivity index (χ3v) is 7.38. The first-order chi connectivity index (χ1) is 17.6. The van der Waals surface area contributed by atoms with Crippen molar-refractivity contribution in [3.05, 3.63) is 70.8 Å². The van der Waals surface area contributed by atoms with Gasteiger partial charge >= 0.3 is 0 Å². The van der Waals surface area contributed by atoms with Gasteiger partial charge in [-0.1, -0.05) is 23.7 Å². The first kappa shape index (κ1) is 27.0. The molecule has 1 aliphatic heterocycles. The van der Waals surface area contributed by atoms with E-state index in [1.807, 2.05) is 12.1 Å². The molecule has 2 heterocycles. The highest BCUT2D eigenvalue weighted by molar-refractivity contribution is 7.90. The van der Waals surface area contributed by atoms with Gasteiger partial charge in [0.25, 0.3) is 0 Å². The largest absolute Gasteiger partial charge is 0.474 e. The highest BCUT2D eigenvalue weighted by Crippen LogP contribution is 2.31. The molecule has 4 rings (SSSR count). The van der Waals surface area contributed by atoms with Crippen molar-refractivity contribution < 1.29 is 27.1 Å². The molecule has 0 saturated carbocycles. The number of piperidine rings is 1. The molecule has 0 spiro atoms. The summed E-state index contributed by atoms with van der Waals surface area (Å²) in [6.45, 7) is 3.49. The molecule has 3 aromatic rings. The van der Waals surface area contributed by atoms with Crippen LogP contribution in [0.15, 0.2) is 53.7 Å². The van der Waals surface area contributed by atoms with Crippen LogP contribution in [0.2, 0.25) is 5.02 Å². The van der Waals surface area contributed by atoms with E-state index in [0.29, 0.717) is 55.4 Å². The van der Waals surface area contributed by atoms with Crippen LogP contribution in [-0.4, -0.2) is 61.1 Å². The molecule has 0 amide bonds. The molecule has 1 aromatic heterocycles. The maximum Gasteiger partial charge on any atom is 0.229 e. The van der Waals surface area contributed by atoms with Crippen LogP contribution in [-0.2, 0) is 21.1 Å². The van der Waals surface area contributed by atoms with Crippen LogP contribution < -0.4 is 9.47 Å². The summed E-state index contributed by atoms with van der Waals surface area (Å²) in [5, 5.41) is 0.617. The van der Waals surface area contributed by atoms with Crippen LogP contribution in [0.5, 0.6) is 17.5 Å². The molecule has 37 heavy (non-hydrogen) atoms. The number of ketones is 1. The van der Waals surface area contributed by atoms with Crippen molar-refractivity contribution in [2.45, 2.75) is 37.2 Å². The molecule has 0 N–H and O–H groups in total. The average Bonchev–Trinajstić information content (AvgIpc) is 2.83. The number of likely N-dealkylation sites (tertiary alicyclic amines) is 1. The minimum atomic E-state index is -3.54. The third kappa shape index (κ3) is 7.24.